The number of amides is 1. The molecule has 3 nitrogen and oxygen atoms in total. The van der Waals surface area contributed by atoms with Crippen LogP contribution in [0.3, 0.4) is 0 Å². The first-order valence-electron chi connectivity index (χ1n) is 7.85. The Morgan fingerprint density at radius 3 is 2.48 bits per heavy atom. The molecule has 116 valence electrons. The zero-order valence-electron chi connectivity index (χ0n) is 13.1. The van der Waals surface area contributed by atoms with Crippen molar-refractivity contribution in [2.24, 2.45) is 0 Å². The van der Waals surface area contributed by atoms with Crippen molar-refractivity contribution in [1.29, 1.82) is 0 Å². The monoisotopic (exact) mass is 306 g/mol. The van der Waals surface area contributed by atoms with Gasteiger partial charge in [-0.3, -0.25) is 4.79 Å². The molecular formula is C17H26N2OS. The smallest absolute Gasteiger partial charge is 0.236 e. The number of aryl methyl sites for hydroxylation is 1. The summed E-state index contributed by atoms with van der Waals surface area (Å²) < 4.78 is -0.255. The Morgan fingerprint density at radius 2 is 1.86 bits per heavy atom. The molecule has 0 heterocycles. The zero-order chi connectivity index (χ0) is 15.1. The highest BCUT2D eigenvalue weighted by Gasteiger charge is 2.41. The van der Waals surface area contributed by atoms with Gasteiger partial charge in [0.25, 0.3) is 0 Å². The molecule has 0 aliphatic heterocycles. The van der Waals surface area contributed by atoms with Crippen LogP contribution in [0.25, 0.3) is 0 Å². The Labute approximate surface area is 132 Å². The predicted molar refractivity (Wildman–Crippen MR) is 89.8 cm³/mol. The van der Waals surface area contributed by atoms with Crippen LogP contribution < -0.4 is 10.6 Å². The largest absolute Gasteiger partial charge is 0.355 e. The molecule has 1 amide bonds. The van der Waals surface area contributed by atoms with E-state index in [1.807, 2.05) is 7.05 Å². The Bertz CT molecular complexity index is 452. The van der Waals surface area contributed by atoms with Crippen LogP contribution in [0.1, 0.15) is 37.7 Å². The maximum atomic E-state index is 12.6. The summed E-state index contributed by atoms with van der Waals surface area (Å²) >= 11 is 1.75. The van der Waals surface area contributed by atoms with E-state index in [2.05, 4.69) is 41.8 Å². The topological polar surface area (TPSA) is 41.1 Å². The molecule has 0 radical (unpaired) electrons. The van der Waals surface area contributed by atoms with Crippen LogP contribution in [0.5, 0.6) is 0 Å². The van der Waals surface area contributed by atoms with Gasteiger partial charge in [0, 0.05) is 11.4 Å². The number of rotatable bonds is 7. The first-order valence-corrected chi connectivity index (χ1v) is 8.66. The SMILES string of the molecule is CNCCCNC(=O)C1(Sc2ccc(C)cc2)CCCC1. The van der Waals surface area contributed by atoms with E-state index in [0.29, 0.717) is 0 Å². The van der Waals surface area contributed by atoms with Gasteiger partial charge < -0.3 is 10.6 Å². The van der Waals surface area contributed by atoms with Gasteiger partial charge in [0.15, 0.2) is 0 Å². The van der Waals surface area contributed by atoms with Crippen molar-refractivity contribution < 1.29 is 4.79 Å². The molecule has 0 bridgehead atoms. The van der Waals surface area contributed by atoms with Crippen molar-refractivity contribution in [1.82, 2.24) is 10.6 Å². The minimum Gasteiger partial charge on any atom is -0.355 e. The molecular weight excluding hydrogens is 280 g/mol. The Hall–Kier alpha value is -1.00. The van der Waals surface area contributed by atoms with Gasteiger partial charge >= 0.3 is 0 Å². The zero-order valence-corrected chi connectivity index (χ0v) is 13.9. The third-order valence-corrected chi connectivity index (χ3v) is 5.54. The fourth-order valence-electron chi connectivity index (χ4n) is 2.78. The summed E-state index contributed by atoms with van der Waals surface area (Å²) in [5, 5.41) is 6.24. The molecule has 0 aromatic heterocycles. The van der Waals surface area contributed by atoms with Gasteiger partial charge in [0.2, 0.25) is 5.91 Å². The number of carbonyl (C=O) groups excluding carboxylic acids is 1. The maximum absolute atomic E-state index is 12.6. The lowest BCUT2D eigenvalue weighted by atomic mass is 10.1. The Balaban J connectivity index is 1.98. The second kappa shape index (κ2) is 7.85. The second-order valence-electron chi connectivity index (χ2n) is 5.83. The highest BCUT2D eigenvalue weighted by molar-refractivity contribution is 8.01. The fourth-order valence-corrected chi connectivity index (χ4v) is 4.16. The van der Waals surface area contributed by atoms with Crippen LogP contribution in [-0.2, 0) is 4.79 Å². The number of hydrogen-bond acceptors (Lipinski definition) is 3. The third kappa shape index (κ3) is 4.48. The van der Waals surface area contributed by atoms with E-state index in [1.165, 1.54) is 10.5 Å². The molecule has 21 heavy (non-hydrogen) atoms. The summed E-state index contributed by atoms with van der Waals surface area (Å²) in [6.45, 7) is 3.79. The lowest BCUT2D eigenvalue weighted by Gasteiger charge is -2.27. The van der Waals surface area contributed by atoms with Crippen molar-refractivity contribution in [3.05, 3.63) is 29.8 Å². The molecule has 1 aliphatic rings. The molecule has 4 heteroatoms. The van der Waals surface area contributed by atoms with Gasteiger partial charge in [0.1, 0.15) is 0 Å². The van der Waals surface area contributed by atoms with E-state index < -0.39 is 0 Å². The normalized spacial score (nSPS) is 16.9. The lowest BCUT2D eigenvalue weighted by molar-refractivity contribution is -0.123. The van der Waals surface area contributed by atoms with Crippen LogP contribution in [-0.4, -0.2) is 30.8 Å². The summed E-state index contributed by atoms with van der Waals surface area (Å²) in [5.74, 6) is 0.224. The van der Waals surface area contributed by atoms with Gasteiger partial charge in [-0.15, -0.1) is 11.8 Å². The summed E-state index contributed by atoms with van der Waals surface area (Å²) in [6, 6.07) is 8.51. The first kappa shape index (κ1) is 16.4. The molecule has 2 N–H and O–H groups in total. The number of nitrogens with one attached hydrogen (secondary N) is 2. The van der Waals surface area contributed by atoms with Crippen LogP contribution in [0, 0.1) is 6.92 Å². The van der Waals surface area contributed by atoms with Gasteiger partial charge in [-0.2, -0.15) is 0 Å². The van der Waals surface area contributed by atoms with Crippen LogP contribution >= 0.6 is 11.8 Å². The number of benzene rings is 1. The van der Waals surface area contributed by atoms with Crippen LogP contribution in [0.4, 0.5) is 0 Å². The van der Waals surface area contributed by atoms with E-state index in [9.17, 15) is 4.79 Å². The number of hydrogen-bond donors (Lipinski definition) is 2. The van der Waals surface area contributed by atoms with Crippen molar-refractivity contribution in [3.63, 3.8) is 0 Å². The van der Waals surface area contributed by atoms with Crippen LogP contribution in [0.2, 0.25) is 0 Å². The molecule has 0 saturated heterocycles. The summed E-state index contributed by atoms with van der Waals surface area (Å²) in [6.07, 6.45) is 5.27. The van der Waals surface area contributed by atoms with Gasteiger partial charge in [-0.25, -0.2) is 0 Å². The van der Waals surface area contributed by atoms with E-state index in [0.717, 1.165) is 45.2 Å². The Kier molecular flexibility index (Phi) is 6.12. The molecule has 1 aromatic carbocycles. The minimum atomic E-state index is -0.255. The molecule has 0 spiro atoms. The molecule has 1 saturated carbocycles. The fraction of sp³-hybridized carbons (Fsp3) is 0.588. The minimum absolute atomic E-state index is 0.224. The summed E-state index contributed by atoms with van der Waals surface area (Å²) in [5.41, 5.74) is 1.26. The van der Waals surface area contributed by atoms with Crippen molar-refractivity contribution in [2.45, 2.75) is 48.7 Å². The van der Waals surface area contributed by atoms with Crippen LogP contribution in [0.15, 0.2) is 29.2 Å². The van der Waals surface area contributed by atoms with Crippen molar-refractivity contribution in [3.8, 4) is 0 Å². The molecule has 2 rings (SSSR count). The van der Waals surface area contributed by atoms with Gasteiger partial charge in [-0.05, 0) is 51.9 Å². The second-order valence-corrected chi connectivity index (χ2v) is 7.29. The van der Waals surface area contributed by atoms with E-state index in [1.54, 1.807) is 11.8 Å². The molecule has 0 atom stereocenters. The Morgan fingerprint density at radius 1 is 1.19 bits per heavy atom. The van der Waals surface area contributed by atoms with E-state index in [-0.39, 0.29) is 10.7 Å². The molecule has 1 fully saturated rings. The van der Waals surface area contributed by atoms with Crippen molar-refractivity contribution in [2.75, 3.05) is 20.1 Å². The van der Waals surface area contributed by atoms with Gasteiger partial charge in [-0.1, -0.05) is 30.5 Å². The van der Waals surface area contributed by atoms with Gasteiger partial charge in [0.05, 0.1) is 4.75 Å². The summed E-state index contributed by atoms with van der Waals surface area (Å²) in [7, 11) is 1.94. The van der Waals surface area contributed by atoms with E-state index in [4.69, 9.17) is 0 Å². The highest BCUT2D eigenvalue weighted by atomic mass is 32.2. The predicted octanol–water partition coefficient (Wildman–Crippen LogP) is 3.13. The molecule has 1 aromatic rings. The quantitative estimate of drug-likeness (QED) is 0.761. The summed E-state index contributed by atoms with van der Waals surface area (Å²) in [4.78, 5) is 13.9. The number of thioether (sulfide) groups is 1. The average molecular weight is 306 g/mol. The average Bonchev–Trinajstić information content (AvgIpc) is 2.96. The third-order valence-electron chi connectivity index (χ3n) is 4.05. The first-order chi connectivity index (χ1) is 10.2. The standard InChI is InChI=1S/C17H26N2OS/c1-14-6-8-15(9-7-14)21-17(10-3-4-11-17)16(20)19-13-5-12-18-2/h6-9,18H,3-5,10-13H2,1-2H3,(H,19,20). The molecule has 0 unspecified atom stereocenters. The lowest BCUT2D eigenvalue weighted by Crippen LogP contribution is -2.43. The number of carbonyl (C=O) groups is 1. The van der Waals surface area contributed by atoms with Crippen molar-refractivity contribution >= 4 is 17.7 Å². The molecule has 1 aliphatic carbocycles. The maximum Gasteiger partial charge on any atom is 0.236 e. The van der Waals surface area contributed by atoms with E-state index >= 15 is 0 Å². The highest BCUT2D eigenvalue weighted by Crippen LogP contribution is 2.45.